The van der Waals surface area contributed by atoms with E-state index in [1.807, 2.05) is 0 Å². The number of hydrogen-bond acceptors (Lipinski definition) is 2. The van der Waals surface area contributed by atoms with Crippen LogP contribution in [-0.2, 0) is 0 Å². The number of rotatable bonds is 2. The van der Waals surface area contributed by atoms with Crippen LogP contribution in [-0.4, -0.2) is 5.78 Å². The summed E-state index contributed by atoms with van der Waals surface area (Å²) in [6.07, 6.45) is 0. The number of anilines is 1. The molecule has 0 heterocycles. The first kappa shape index (κ1) is 11.8. The van der Waals surface area contributed by atoms with Gasteiger partial charge in [-0.3, -0.25) is 4.79 Å². The van der Waals surface area contributed by atoms with Crippen molar-refractivity contribution in [1.82, 2.24) is 0 Å². The highest BCUT2D eigenvalue weighted by Gasteiger charge is 2.12. The van der Waals surface area contributed by atoms with Gasteiger partial charge in [-0.1, -0.05) is 15.9 Å². The molecule has 0 spiro atoms. The van der Waals surface area contributed by atoms with E-state index in [4.69, 9.17) is 5.73 Å². The summed E-state index contributed by atoms with van der Waals surface area (Å²) < 4.78 is 13.9. The third-order valence-electron chi connectivity index (χ3n) is 2.37. The van der Waals surface area contributed by atoms with E-state index in [2.05, 4.69) is 15.9 Å². The Morgan fingerprint density at radius 2 is 1.76 bits per heavy atom. The maximum Gasteiger partial charge on any atom is 0.195 e. The molecule has 0 aliphatic carbocycles. The third-order valence-corrected chi connectivity index (χ3v) is 2.90. The van der Waals surface area contributed by atoms with Crippen molar-refractivity contribution >= 4 is 27.4 Å². The molecule has 2 rings (SSSR count). The lowest BCUT2D eigenvalue weighted by Gasteiger charge is -2.05. The minimum Gasteiger partial charge on any atom is -0.398 e. The first-order valence-electron chi connectivity index (χ1n) is 4.93. The second-order valence-corrected chi connectivity index (χ2v) is 4.48. The topological polar surface area (TPSA) is 43.1 Å². The maximum absolute atomic E-state index is 13.1. The van der Waals surface area contributed by atoms with Crippen LogP contribution >= 0.6 is 15.9 Å². The van der Waals surface area contributed by atoms with Crippen LogP contribution in [0.4, 0.5) is 10.1 Å². The van der Waals surface area contributed by atoms with Gasteiger partial charge in [0, 0.05) is 21.3 Å². The van der Waals surface area contributed by atoms with E-state index in [9.17, 15) is 9.18 Å². The molecule has 0 saturated heterocycles. The van der Waals surface area contributed by atoms with Crippen molar-refractivity contribution in [2.45, 2.75) is 0 Å². The summed E-state index contributed by atoms with van der Waals surface area (Å²) in [5.41, 5.74) is 6.60. The summed E-state index contributed by atoms with van der Waals surface area (Å²) in [7, 11) is 0. The first-order valence-corrected chi connectivity index (χ1v) is 5.72. The van der Waals surface area contributed by atoms with E-state index >= 15 is 0 Å². The lowest BCUT2D eigenvalue weighted by molar-refractivity contribution is 0.103. The maximum atomic E-state index is 13.1. The lowest BCUT2D eigenvalue weighted by Crippen LogP contribution is -2.05. The Bertz CT molecular complexity index is 566. The second-order valence-electron chi connectivity index (χ2n) is 3.57. The summed E-state index contributed by atoms with van der Waals surface area (Å²) in [6, 6.07) is 10.6. The number of benzene rings is 2. The highest BCUT2D eigenvalue weighted by atomic mass is 79.9. The Kier molecular flexibility index (Phi) is 3.24. The summed E-state index contributed by atoms with van der Waals surface area (Å²) >= 11 is 3.28. The van der Waals surface area contributed by atoms with Gasteiger partial charge in [0.1, 0.15) is 5.82 Å². The molecule has 0 unspecified atom stereocenters. The van der Waals surface area contributed by atoms with E-state index in [0.717, 1.165) is 10.5 Å². The van der Waals surface area contributed by atoms with E-state index < -0.39 is 5.82 Å². The van der Waals surface area contributed by atoms with Crippen LogP contribution in [0.3, 0.4) is 0 Å². The number of halogens is 2. The van der Waals surface area contributed by atoms with Gasteiger partial charge in [-0.05, 0) is 42.5 Å². The van der Waals surface area contributed by atoms with Crippen LogP contribution in [0, 0.1) is 5.82 Å². The van der Waals surface area contributed by atoms with Gasteiger partial charge in [0.05, 0.1) is 0 Å². The highest BCUT2D eigenvalue weighted by molar-refractivity contribution is 9.10. The van der Waals surface area contributed by atoms with Crippen LogP contribution in [0.2, 0.25) is 0 Å². The minimum absolute atomic E-state index is 0.187. The molecule has 0 saturated carbocycles. The number of carbonyl (C=O) groups is 1. The van der Waals surface area contributed by atoms with Crippen LogP contribution in [0.25, 0.3) is 0 Å². The number of ketones is 1. The molecule has 0 bridgehead atoms. The second kappa shape index (κ2) is 4.67. The molecule has 2 aromatic carbocycles. The van der Waals surface area contributed by atoms with Gasteiger partial charge in [0.25, 0.3) is 0 Å². The third kappa shape index (κ3) is 2.53. The zero-order valence-electron chi connectivity index (χ0n) is 8.78. The standard InChI is InChI=1S/C13H9BrFNO/c14-9-3-1-8(2-4-9)13(17)11-7-10(15)5-6-12(11)16/h1-7H,16H2. The van der Waals surface area contributed by atoms with Crippen molar-refractivity contribution in [2.75, 3.05) is 5.73 Å². The summed E-state index contributed by atoms with van der Waals surface area (Å²) in [5.74, 6) is -0.755. The summed E-state index contributed by atoms with van der Waals surface area (Å²) in [6.45, 7) is 0. The van der Waals surface area contributed by atoms with Crippen molar-refractivity contribution in [2.24, 2.45) is 0 Å². The van der Waals surface area contributed by atoms with E-state index in [1.54, 1.807) is 24.3 Å². The van der Waals surface area contributed by atoms with Gasteiger partial charge in [0.2, 0.25) is 0 Å². The van der Waals surface area contributed by atoms with Crippen LogP contribution in [0.15, 0.2) is 46.9 Å². The van der Waals surface area contributed by atoms with E-state index in [1.165, 1.54) is 12.1 Å². The zero-order chi connectivity index (χ0) is 12.4. The normalized spacial score (nSPS) is 10.2. The average molecular weight is 294 g/mol. The average Bonchev–Trinajstić information content (AvgIpc) is 2.32. The Hall–Kier alpha value is -1.68. The largest absolute Gasteiger partial charge is 0.398 e. The molecular formula is C13H9BrFNO. The van der Waals surface area contributed by atoms with Crippen molar-refractivity contribution in [1.29, 1.82) is 0 Å². The number of carbonyl (C=O) groups excluding carboxylic acids is 1. The van der Waals surface area contributed by atoms with Crippen LogP contribution < -0.4 is 5.73 Å². The van der Waals surface area contributed by atoms with Gasteiger partial charge in [-0.25, -0.2) is 4.39 Å². The fourth-order valence-electron chi connectivity index (χ4n) is 1.48. The molecule has 2 aromatic rings. The molecule has 2 nitrogen and oxygen atoms in total. The van der Waals surface area contributed by atoms with E-state index in [-0.39, 0.29) is 17.0 Å². The van der Waals surface area contributed by atoms with Crippen LogP contribution in [0.1, 0.15) is 15.9 Å². The summed E-state index contributed by atoms with van der Waals surface area (Å²) in [5, 5.41) is 0. The van der Waals surface area contributed by atoms with Gasteiger partial charge >= 0.3 is 0 Å². The number of hydrogen-bond donors (Lipinski definition) is 1. The van der Waals surface area contributed by atoms with Gasteiger partial charge in [0.15, 0.2) is 5.78 Å². The Morgan fingerprint density at radius 3 is 2.41 bits per heavy atom. The quantitative estimate of drug-likeness (QED) is 0.681. The molecule has 2 N–H and O–H groups in total. The van der Waals surface area contributed by atoms with Gasteiger partial charge < -0.3 is 5.73 Å². The predicted octanol–water partition coefficient (Wildman–Crippen LogP) is 3.40. The van der Waals surface area contributed by atoms with Crippen molar-refractivity contribution < 1.29 is 9.18 Å². The zero-order valence-corrected chi connectivity index (χ0v) is 10.4. The molecule has 17 heavy (non-hydrogen) atoms. The predicted molar refractivity (Wildman–Crippen MR) is 68.4 cm³/mol. The molecular weight excluding hydrogens is 285 g/mol. The molecule has 0 aromatic heterocycles. The first-order chi connectivity index (χ1) is 8.08. The Balaban J connectivity index is 2.43. The molecule has 0 aliphatic rings. The van der Waals surface area contributed by atoms with Crippen LogP contribution in [0.5, 0.6) is 0 Å². The van der Waals surface area contributed by atoms with Crippen molar-refractivity contribution in [3.63, 3.8) is 0 Å². The Labute approximate surface area is 106 Å². The number of nitrogen functional groups attached to an aromatic ring is 1. The fraction of sp³-hybridized carbons (Fsp3) is 0. The minimum atomic E-state index is -0.473. The van der Waals surface area contributed by atoms with Crippen molar-refractivity contribution in [3.8, 4) is 0 Å². The van der Waals surface area contributed by atoms with Gasteiger partial charge in [-0.15, -0.1) is 0 Å². The SMILES string of the molecule is Nc1ccc(F)cc1C(=O)c1ccc(Br)cc1. The van der Waals surface area contributed by atoms with Gasteiger partial charge in [-0.2, -0.15) is 0 Å². The lowest BCUT2D eigenvalue weighted by atomic mass is 10.0. The molecule has 0 aliphatic heterocycles. The molecule has 4 heteroatoms. The highest BCUT2D eigenvalue weighted by Crippen LogP contribution is 2.19. The molecule has 86 valence electrons. The summed E-state index contributed by atoms with van der Waals surface area (Å²) in [4.78, 5) is 12.1. The molecule has 0 fully saturated rings. The Morgan fingerprint density at radius 1 is 1.12 bits per heavy atom. The molecule has 0 atom stereocenters. The van der Waals surface area contributed by atoms with Crippen molar-refractivity contribution in [3.05, 3.63) is 63.9 Å². The number of nitrogens with two attached hydrogens (primary N) is 1. The molecule has 0 radical (unpaired) electrons. The monoisotopic (exact) mass is 293 g/mol. The van der Waals surface area contributed by atoms with E-state index in [0.29, 0.717) is 5.56 Å². The molecule has 0 amide bonds. The fourth-order valence-corrected chi connectivity index (χ4v) is 1.75. The smallest absolute Gasteiger partial charge is 0.195 e.